The van der Waals surface area contributed by atoms with Crippen LogP contribution in [0.4, 0.5) is 32.2 Å². The molecule has 1 spiro atoms. The Balaban J connectivity index is 1.63. The smallest absolute Gasteiger partial charge is 0.329 e. The number of halogens is 6. The summed E-state index contributed by atoms with van der Waals surface area (Å²) in [7, 11) is 0. The van der Waals surface area contributed by atoms with Crippen LogP contribution < -0.4 is 10.6 Å². The summed E-state index contributed by atoms with van der Waals surface area (Å²) in [6.07, 6.45) is -5.83. The number of hydrogen-bond acceptors (Lipinski definition) is 3. The van der Waals surface area contributed by atoms with E-state index in [1.54, 1.807) is 0 Å². The first-order valence-electron chi connectivity index (χ1n) is 10.1. The summed E-state index contributed by atoms with van der Waals surface area (Å²) in [6, 6.07) is 4.44. The number of nitrogens with one attached hydrogen (secondary N) is 2. The highest BCUT2D eigenvalue weighted by Gasteiger charge is 2.52. The normalized spacial score (nSPS) is 22.2. The zero-order chi connectivity index (χ0) is 24.9. The third-order valence-corrected chi connectivity index (χ3v) is 5.87. The summed E-state index contributed by atoms with van der Waals surface area (Å²) in [6.45, 7) is 0.933. The molecule has 1 unspecified atom stereocenters. The Morgan fingerprint density at radius 3 is 2.38 bits per heavy atom. The number of rotatable bonds is 3. The van der Waals surface area contributed by atoms with Crippen LogP contribution in [0.5, 0.6) is 0 Å². The van der Waals surface area contributed by atoms with E-state index in [-0.39, 0.29) is 30.9 Å². The number of carbonyl (C=O) groups excluding carboxylic acids is 2. The summed E-state index contributed by atoms with van der Waals surface area (Å²) in [5.74, 6) is -0.809. The molecule has 4 rings (SSSR count). The van der Waals surface area contributed by atoms with E-state index in [1.807, 2.05) is 0 Å². The number of hydrogen-bond donors (Lipinski definition) is 2. The number of carbonyl (C=O) groups is 2. The van der Waals surface area contributed by atoms with E-state index in [4.69, 9.17) is 0 Å². The molecule has 0 radical (unpaired) electrons. The Morgan fingerprint density at radius 2 is 1.76 bits per heavy atom. The average molecular weight is 484 g/mol. The number of alkyl halides is 6. The van der Waals surface area contributed by atoms with Crippen LogP contribution in [0.25, 0.3) is 0 Å². The van der Waals surface area contributed by atoms with E-state index in [1.165, 1.54) is 23.0 Å². The maximum Gasteiger partial charge on any atom is 0.416 e. The van der Waals surface area contributed by atoms with Crippen molar-refractivity contribution in [1.82, 2.24) is 15.1 Å². The third kappa shape index (κ3) is 4.31. The van der Waals surface area contributed by atoms with Gasteiger partial charge in [0.05, 0.1) is 23.7 Å². The van der Waals surface area contributed by atoms with Gasteiger partial charge >= 0.3 is 12.4 Å². The number of amides is 2. The van der Waals surface area contributed by atoms with Crippen molar-refractivity contribution in [1.29, 1.82) is 0 Å². The zero-order valence-electron chi connectivity index (χ0n) is 17.6. The standard InChI is InChI=1S/C22H18F6N4O2/c1-12(21(23,24)25)2-7-15-8-20(19(34)30-15)9-17(33)31-18-16(20)10-29-32(18)11-13-3-5-14(6-4-13)22(26,27)28/h2-7,10H,8-9,11H2,1H3,(H,30,34)(H,31,33). The third-order valence-electron chi connectivity index (χ3n) is 5.87. The van der Waals surface area contributed by atoms with Crippen molar-refractivity contribution in [2.24, 2.45) is 0 Å². The summed E-state index contributed by atoms with van der Waals surface area (Å²) in [4.78, 5) is 25.3. The van der Waals surface area contributed by atoms with Crippen LogP contribution in [0.15, 0.2) is 53.9 Å². The topological polar surface area (TPSA) is 76.0 Å². The fraction of sp³-hybridized carbons (Fsp3) is 0.318. The van der Waals surface area contributed by atoms with Gasteiger partial charge in [0.1, 0.15) is 5.82 Å². The van der Waals surface area contributed by atoms with Crippen molar-refractivity contribution in [3.8, 4) is 0 Å². The number of anilines is 1. The molecule has 3 heterocycles. The van der Waals surface area contributed by atoms with Crippen LogP contribution in [0.2, 0.25) is 0 Å². The van der Waals surface area contributed by atoms with Gasteiger partial charge in [0.2, 0.25) is 11.8 Å². The lowest BCUT2D eigenvalue weighted by Gasteiger charge is -2.30. The van der Waals surface area contributed by atoms with Crippen LogP contribution in [-0.2, 0) is 27.7 Å². The number of nitrogens with zero attached hydrogens (tertiary/aromatic N) is 2. The molecule has 1 atom stereocenters. The molecule has 0 bridgehead atoms. The molecule has 0 aliphatic carbocycles. The van der Waals surface area contributed by atoms with Crippen LogP contribution in [0, 0.1) is 0 Å². The van der Waals surface area contributed by atoms with Gasteiger partial charge in [0.15, 0.2) is 0 Å². The molecule has 2 aromatic rings. The monoisotopic (exact) mass is 484 g/mol. The van der Waals surface area contributed by atoms with Gasteiger partial charge in [-0.1, -0.05) is 18.2 Å². The Hall–Kier alpha value is -3.57. The molecule has 6 nitrogen and oxygen atoms in total. The number of fused-ring (bicyclic) bond motifs is 2. The molecule has 1 aromatic carbocycles. The lowest BCUT2D eigenvalue weighted by Crippen LogP contribution is -2.43. The molecule has 12 heteroatoms. The van der Waals surface area contributed by atoms with Crippen molar-refractivity contribution in [3.63, 3.8) is 0 Å². The predicted molar refractivity (Wildman–Crippen MR) is 108 cm³/mol. The fourth-order valence-corrected chi connectivity index (χ4v) is 4.00. The molecule has 2 amide bonds. The van der Waals surface area contributed by atoms with E-state index in [9.17, 15) is 35.9 Å². The Morgan fingerprint density at radius 1 is 1.09 bits per heavy atom. The predicted octanol–water partition coefficient (Wildman–Crippen LogP) is 4.44. The molecule has 2 aliphatic heterocycles. The van der Waals surface area contributed by atoms with Crippen molar-refractivity contribution in [3.05, 3.63) is 70.6 Å². The minimum atomic E-state index is -4.51. The lowest BCUT2D eigenvalue weighted by atomic mass is 9.74. The van der Waals surface area contributed by atoms with Gasteiger partial charge in [-0.3, -0.25) is 9.59 Å². The minimum Gasteiger partial charge on any atom is -0.329 e. The van der Waals surface area contributed by atoms with Gasteiger partial charge in [-0.2, -0.15) is 31.4 Å². The first-order chi connectivity index (χ1) is 15.8. The Labute approximate surface area is 189 Å². The van der Waals surface area contributed by atoms with Gasteiger partial charge in [0.25, 0.3) is 0 Å². The molecular formula is C22H18F6N4O2. The second-order valence-corrected chi connectivity index (χ2v) is 8.24. The van der Waals surface area contributed by atoms with Crippen LogP contribution in [0.1, 0.15) is 36.5 Å². The van der Waals surface area contributed by atoms with Crippen molar-refractivity contribution < 1.29 is 35.9 Å². The molecule has 0 saturated carbocycles. The average Bonchev–Trinajstić information content (AvgIpc) is 3.26. The SMILES string of the molecule is CC(=CC=C1CC2(CC(=O)Nc3c2cnn3Cc2ccc(C(F)(F)F)cc2)C(=O)N1)C(F)(F)F. The zero-order valence-corrected chi connectivity index (χ0v) is 17.6. The summed E-state index contributed by atoms with van der Waals surface area (Å²) < 4.78 is 78.0. The van der Waals surface area contributed by atoms with E-state index in [2.05, 4.69) is 15.7 Å². The largest absolute Gasteiger partial charge is 0.416 e. The van der Waals surface area contributed by atoms with Crippen molar-refractivity contribution in [2.75, 3.05) is 5.32 Å². The van der Waals surface area contributed by atoms with E-state index in [0.717, 1.165) is 31.2 Å². The van der Waals surface area contributed by atoms with Crippen molar-refractivity contribution >= 4 is 17.6 Å². The minimum absolute atomic E-state index is 0.0279. The lowest BCUT2D eigenvalue weighted by molar-refractivity contribution is -0.137. The summed E-state index contributed by atoms with van der Waals surface area (Å²) in [5.41, 5.74) is -1.90. The van der Waals surface area contributed by atoms with Crippen LogP contribution >= 0.6 is 0 Å². The first-order valence-corrected chi connectivity index (χ1v) is 10.1. The highest BCUT2D eigenvalue weighted by molar-refractivity contribution is 6.05. The Bertz CT molecular complexity index is 1210. The molecule has 180 valence electrons. The molecule has 1 saturated heterocycles. The van der Waals surface area contributed by atoms with Gasteiger partial charge in [-0.15, -0.1) is 0 Å². The molecule has 1 aromatic heterocycles. The first kappa shape index (κ1) is 23.6. The van der Waals surface area contributed by atoms with Crippen molar-refractivity contribution in [2.45, 2.75) is 44.1 Å². The summed E-state index contributed by atoms with van der Waals surface area (Å²) >= 11 is 0. The van der Waals surface area contributed by atoms with Gasteiger partial charge < -0.3 is 10.6 Å². The molecule has 34 heavy (non-hydrogen) atoms. The van der Waals surface area contributed by atoms with Crippen LogP contribution in [0.3, 0.4) is 0 Å². The fourth-order valence-electron chi connectivity index (χ4n) is 4.00. The highest BCUT2D eigenvalue weighted by atomic mass is 19.4. The molecule has 2 N–H and O–H groups in total. The maximum absolute atomic E-state index is 12.9. The van der Waals surface area contributed by atoms with Gasteiger partial charge in [-0.05, 0) is 30.7 Å². The molecule has 1 fully saturated rings. The van der Waals surface area contributed by atoms with E-state index in [0.29, 0.717) is 11.1 Å². The quantitative estimate of drug-likeness (QED) is 0.633. The number of allylic oxidation sites excluding steroid dienone is 4. The molecular weight excluding hydrogens is 466 g/mol. The van der Waals surface area contributed by atoms with E-state index < -0.39 is 40.7 Å². The van der Waals surface area contributed by atoms with Gasteiger partial charge in [-0.25, -0.2) is 4.68 Å². The Kier molecular flexibility index (Phi) is 5.57. The van der Waals surface area contributed by atoms with E-state index >= 15 is 0 Å². The molecule has 2 aliphatic rings. The highest BCUT2D eigenvalue weighted by Crippen LogP contribution is 2.45. The number of aromatic nitrogens is 2. The van der Waals surface area contributed by atoms with Gasteiger partial charge in [0, 0.05) is 29.7 Å². The summed E-state index contributed by atoms with van der Waals surface area (Å²) in [5, 5.41) is 9.39. The second kappa shape index (κ2) is 8.03. The number of benzene rings is 1. The second-order valence-electron chi connectivity index (χ2n) is 8.24. The maximum atomic E-state index is 12.9. The van der Waals surface area contributed by atoms with Crippen LogP contribution in [-0.4, -0.2) is 27.8 Å².